The summed E-state index contributed by atoms with van der Waals surface area (Å²) in [5.74, 6) is -1.22. The largest absolute Gasteiger partial charge is 0.349 e. The van der Waals surface area contributed by atoms with E-state index in [2.05, 4.69) is 5.32 Å². The predicted molar refractivity (Wildman–Crippen MR) is 64.8 cm³/mol. The molecule has 0 aliphatic heterocycles. The third-order valence-electron chi connectivity index (χ3n) is 2.76. The number of nitro benzene ring substituents is 1. The molecule has 1 aromatic carbocycles. The minimum atomic E-state index is -0.769. The van der Waals surface area contributed by atoms with Crippen LogP contribution in [0.25, 0.3) is 0 Å². The predicted octanol–water partition coefficient (Wildman–Crippen LogP) is 2.51. The molecule has 0 saturated carbocycles. The summed E-state index contributed by atoms with van der Waals surface area (Å²) >= 11 is 0. The minimum absolute atomic E-state index is 0.142. The number of nitrogens with zero attached hydrogens (tertiary/aromatic N) is 1. The van der Waals surface area contributed by atoms with E-state index in [0.717, 1.165) is 18.2 Å². The van der Waals surface area contributed by atoms with Gasteiger partial charge in [0, 0.05) is 18.2 Å². The summed E-state index contributed by atoms with van der Waals surface area (Å²) in [6, 6.07) is 2.75. The molecular formula is C12H15FN2O3. The smallest absolute Gasteiger partial charge is 0.270 e. The highest BCUT2D eigenvalue weighted by atomic mass is 19.1. The standard InChI is InChI=1S/C12H15FN2O3/c1-7(2)8(3)14-12(16)10-6-9(15(17)18)4-5-11(10)13/h4-8H,1-3H3,(H,14,16). The molecule has 0 radical (unpaired) electrons. The van der Waals surface area contributed by atoms with Crippen molar-refractivity contribution in [2.75, 3.05) is 0 Å². The van der Waals surface area contributed by atoms with Crippen LogP contribution >= 0.6 is 0 Å². The van der Waals surface area contributed by atoms with Gasteiger partial charge in [0.25, 0.3) is 11.6 Å². The molecule has 0 aliphatic carbocycles. The Hall–Kier alpha value is -1.98. The van der Waals surface area contributed by atoms with Gasteiger partial charge in [-0.3, -0.25) is 14.9 Å². The summed E-state index contributed by atoms with van der Waals surface area (Å²) in [6.45, 7) is 5.61. The lowest BCUT2D eigenvalue weighted by atomic mass is 10.1. The van der Waals surface area contributed by atoms with Gasteiger partial charge in [-0.05, 0) is 18.9 Å². The Morgan fingerprint density at radius 3 is 2.50 bits per heavy atom. The Kier molecular flexibility index (Phi) is 4.36. The quantitative estimate of drug-likeness (QED) is 0.662. The zero-order chi connectivity index (χ0) is 13.9. The number of hydrogen-bond acceptors (Lipinski definition) is 3. The van der Waals surface area contributed by atoms with E-state index in [4.69, 9.17) is 0 Å². The molecule has 0 aromatic heterocycles. The normalized spacial score (nSPS) is 12.3. The van der Waals surface area contributed by atoms with Crippen molar-refractivity contribution in [2.24, 2.45) is 5.92 Å². The SMILES string of the molecule is CC(C)C(C)NC(=O)c1cc([N+](=O)[O-])ccc1F. The van der Waals surface area contributed by atoms with Crippen molar-refractivity contribution in [2.45, 2.75) is 26.8 Å². The Labute approximate surface area is 104 Å². The summed E-state index contributed by atoms with van der Waals surface area (Å²) in [5.41, 5.74) is -0.615. The first-order chi connectivity index (χ1) is 8.32. The van der Waals surface area contributed by atoms with Crippen LogP contribution in [0.4, 0.5) is 10.1 Å². The molecule has 1 unspecified atom stereocenters. The van der Waals surface area contributed by atoms with E-state index in [9.17, 15) is 19.3 Å². The summed E-state index contributed by atoms with van der Waals surface area (Å²) in [6.07, 6.45) is 0. The van der Waals surface area contributed by atoms with Gasteiger partial charge in [0.1, 0.15) is 5.82 Å². The first-order valence-corrected chi connectivity index (χ1v) is 5.57. The van der Waals surface area contributed by atoms with Crippen LogP contribution < -0.4 is 5.32 Å². The van der Waals surface area contributed by atoms with Crippen LogP contribution in [-0.4, -0.2) is 16.9 Å². The topological polar surface area (TPSA) is 72.2 Å². The fraction of sp³-hybridized carbons (Fsp3) is 0.417. The van der Waals surface area contributed by atoms with E-state index in [1.165, 1.54) is 0 Å². The van der Waals surface area contributed by atoms with E-state index in [-0.39, 0.29) is 23.2 Å². The molecule has 18 heavy (non-hydrogen) atoms. The number of non-ortho nitro benzene ring substituents is 1. The highest BCUT2D eigenvalue weighted by Gasteiger charge is 2.19. The van der Waals surface area contributed by atoms with Crippen LogP contribution in [0.15, 0.2) is 18.2 Å². The molecule has 98 valence electrons. The molecule has 6 heteroatoms. The molecule has 1 amide bonds. The van der Waals surface area contributed by atoms with Gasteiger partial charge in [-0.25, -0.2) is 4.39 Å². The van der Waals surface area contributed by atoms with Gasteiger partial charge in [0.2, 0.25) is 0 Å². The van der Waals surface area contributed by atoms with Crippen LogP contribution in [0.1, 0.15) is 31.1 Å². The second-order valence-corrected chi connectivity index (χ2v) is 4.43. The maximum atomic E-state index is 13.5. The highest BCUT2D eigenvalue weighted by Crippen LogP contribution is 2.17. The molecule has 5 nitrogen and oxygen atoms in total. The molecule has 0 saturated heterocycles. The van der Waals surface area contributed by atoms with Gasteiger partial charge in [-0.1, -0.05) is 13.8 Å². The summed E-state index contributed by atoms with van der Waals surface area (Å²) in [7, 11) is 0. The fourth-order valence-electron chi connectivity index (χ4n) is 1.25. The number of hydrogen-bond donors (Lipinski definition) is 1. The van der Waals surface area contributed by atoms with E-state index >= 15 is 0 Å². The second-order valence-electron chi connectivity index (χ2n) is 4.43. The van der Waals surface area contributed by atoms with Gasteiger partial charge in [-0.15, -0.1) is 0 Å². The van der Waals surface area contributed by atoms with Gasteiger partial charge in [-0.2, -0.15) is 0 Å². The minimum Gasteiger partial charge on any atom is -0.349 e. The zero-order valence-electron chi connectivity index (χ0n) is 10.4. The highest BCUT2D eigenvalue weighted by molar-refractivity contribution is 5.95. The maximum Gasteiger partial charge on any atom is 0.270 e. The fourth-order valence-corrected chi connectivity index (χ4v) is 1.25. The molecule has 0 bridgehead atoms. The maximum absolute atomic E-state index is 13.5. The molecule has 1 atom stereocenters. The molecule has 1 N–H and O–H groups in total. The molecule has 1 aromatic rings. The lowest BCUT2D eigenvalue weighted by Gasteiger charge is -2.17. The molecule has 0 spiro atoms. The number of halogens is 1. The van der Waals surface area contributed by atoms with Crippen molar-refractivity contribution in [3.05, 3.63) is 39.7 Å². The molecule has 0 fully saturated rings. The Morgan fingerprint density at radius 1 is 1.39 bits per heavy atom. The Balaban J connectivity index is 2.98. The van der Waals surface area contributed by atoms with E-state index in [1.807, 2.05) is 13.8 Å². The number of rotatable bonds is 4. The number of nitrogens with one attached hydrogen (secondary N) is 1. The molecule has 0 aliphatic rings. The van der Waals surface area contributed by atoms with Gasteiger partial charge in [0.15, 0.2) is 0 Å². The van der Waals surface area contributed by atoms with Crippen molar-refractivity contribution < 1.29 is 14.1 Å². The van der Waals surface area contributed by atoms with Crippen LogP contribution in [0, 0.1) is 21.8 Å². The second kappa shape index (κ2) is 5.57. The first kappa shape index (κ1) is 14.1. The zero-order valence-corrected chi connectivity index (χ0v) is 10.4. The lowest BCUT2D eigenvalue weighted by Crippen LogP contribution is -2.36. The van der Waals surface area contributed by atoms with Crippen LogP contribution in [0.2, 0.25) is 0 Å². The molecule has 1 rings (SSSR count). The summed E-state index contributed by atoms with van der Waals surface area (Å²) < 4.78 is 13.5. The van der Waals surface area contributed by atoms with Gasteiger partial charge in [0.05, 0.1) is 10.5 Å². The van der Waals surface area contributed by atoms with E-state index in [1.54, 1.807) is 6.92 Å². The van der Waals surface area contributed by atoms with Crippen LogP contribution in [0.5, 0.6) is 0 Å². The Bertz CT molecular complexity index is 474. The molecular weight excluding hydrogens is 239 g/mol. The third kappa shape index (κ3) is 3.26. The first-order valence-electron chi connectivity index (χ1n) is 5.57. The van der Waals surface area contributed by atoms with Crippen molar-refractivity contribution in [3.63, 3.8) is 0 Å². The molecule has 0 heterocycles. The third-order valence-corrected chi connectivity index (χ3v) is 2.76. The summed E-state index contributed by atoms with van der Waals surface area (Å²) in [4.78, 5) is 21.7. The Morgan fingerprint density at radius 2 is 2.00 bits per heavy atom. The van der Waals surface area contributed by atoms with Crippen molar-refractivity contribution in [1.29, 1.82) is 0 Å². The van der Waals surface area contributed by atoms with Crippen molar-refractivity contribution >= 4 is 11.6 Å². The average Bonchev–Trinajstić information content (AvgIpc) is 2.28. The number of carbonyl (C=O) groups excluding carboxylic acids is 1. The van der Waals surface area contributed by atoms with Crippen molar-refractivity contribution in [1.82, 2.24) is 5.32 Å². The number of carbonyl (C=O) groups is 1. The van der Waals surface area contributed by atoms with E-state index < -0.39 is 16.6 Å². The van der Waals surface area contributed by atoms with Gasteiger partial charge >= 0.3 is 0 Å². The number of nitro groups is 1. The monoisotopic (exact) mass is 254 g/mol. The number of benzene rings is 1. The lowest BCUT2D eigenvalue weighted by molar-refractivity contribution is -0.384. The van der Waals surface area contributed by atoms with Crippen LogP contribution in [0.3, 0.4) is 0 Å². The summed E-state index contributed by atoms with van der Waals surface area (Å²) in [5, 5.41) is 13.2. The van der Waals surface area contributed by atoms with Crippen LogP contribution in [-0.2, 0) is 0 Å². The number of amides is 1. The average molecular weight is 254 g/mol. The van der Waals surface area contributed by atoms with Crippen molar-refractivity contribution in [3.8, 4) is 0 Å². The van der Waals surface area contributed by atoms with Gasteiger partial charge < -0.3 is 5.32 Å². The van der Waals surface area contributed by atoms with E-state index in [0.29, 0.717) is 0 Å².